The van der Waals surface area contributed by atoms with Crippen LogP contribution in [0.25, 0.3) is 0 Å². The third kappa shape index (κ3) is 5.34. The minimum atomic E-state index is -4.50. The van der Waals surface area contributed by atoms with Crippen LogP contribution >= 0.6 is 0 Å². The normalized spacial score (nSPS) is 15.4. The van der Waals surface area contributed by atoms with Crippen molar-refractivity contribution in [1.82, 2.24) is 15.3 Å². The van der Waals surface area contributed by atoms with E-state index in [1.54, 1.807) is 11.0 Å². The fourth-order valence-corrected chi connectivity index (χ4v) is 3.05. The van der Waals surface area contributed by atoms with Gasteiger partial charge in [-0.05, 0) is 37.5 Å². The van der Waals surface area contributed by atoms with Crippen LogP contribution in [0.3, 0.4) is 0 Å². The number of hydrogen-bond donors (Lipinski definition) is 1. The summed E-state index contributed by atoms with van der Waals surface area (Å²) in [5, 5.41) is 2.91. The SMILES string of the molecule is Cc1cccc(OCC(=O)NC2CCN(c3cc(C(F)(F)F)ncn3)CC2)c1. The van der Waals surface area contributed by atoms with E-state index in [4.69, 9.17) is 4.74 Å². The predicted molar refractivity (Wildman–Crippen MR) is 97.1 cm³/mol. The number of halogens is 3. The van der Waals surface area contributed by atoms with Gasteiger partial charge in [0, 0.05) is 25.2 Å². The van der Waals surface area contributed by atoms with E-state index in [1.165, 1.54) is 0 Å². The lowest BCUT2D eigenvalue weighted by Gasteiger charge is -2.33. The summed E-state index contributed by atoms with van der Waals surface area (Å²) >= 11 is 0. The van der Waals surface area contributed by atoms with E-state index in [-0.39, 0.29) is 24.4 Å². The number of alkyl halides is 3. The predicted octanol–water partition coefficient (Wildman–Crippen LogP) is 2.97. The van der Waals surface area contributed by atoms with Gasteiger partial charge in [0.15, 0.2) is 6.61 Å². The van der Waals surface area contributed by atoms with Crippen LogP contribution in [0.5, 0.6) is 5.75 Å². The highest BCUT2D eigenvalue weighted by molar-refractivity contribution is 5.77. The van der Waals surface area contributed by atoms with Crippen molar-refractivity contribution < 1.29 is 22.7 Å². The Bertz CT molecular complexity index is 821. The molecule has 0 saturated carbocycles. The van der Waals surface area contributed by atoms with Gasteiger partial charge in [0.05, 0.1) is 0 Å². The summed E-state index contributed by atoms with van der Waals surface area (Å²) in [6, 6.07) is 8.34. The molecule has 1 saturated heterocycles. The second kappa shape index (κ2) is 8.45. The zero-order chi connectivity index (χ0) is 20.1. The number of rotatable bonds is 5. The minimum Gasteiger partial charge on any atom is -0.484 e. The molecule has 0 atom stereocenters. The van der Waals surface area contributed by atoms with Crippen LogP contribution in [0.4, 0.5) is 19.0 Å². The molecule has 28 heavy (non-hydrogen) atoms. The number of carbonyl (C=O) groups is 1. The van der Waals surface area contributed by atoms with Gasteiger partial charge in [0.2, 0.25) is 0 Å². The fourth-order valence-electron chi connectivity index (χ4n) is 3.05. The van der Waals surface area contributed by atoms with Crippen molar-refractivity contribution in [2.24, 2.45) is 0 Å². The van der Waals surface area contributed by atoms with E-state index in [9.17, 15) is 18.0 Å². The van der Waals surface area contributed by atoms with E-state index in [0.717, 1.165) is 18.0 Å². The molecule has 0 bridgehead atoms. The molecule has 0 radical (unpaired) electrons. The van der Waals surface area contributed by atoms with Crippen LogP contribution in [0.1, 0.15) is 24.1 Å². The second-order valence-corrected chi connectivity index (χ2v) is 6.69. The second-order valence-electron chi connectivity index (χ2n) is 6.69. The average molecular weight is 394 g/mol. The summed E-state index contributed by atoms with van der Waals surface area (Å²) in [6.07, 6.45) is -2.35. The Hall–Kier alpha value is -2.84. The quantitative estimate of drug-likeness (QED) is 0.845. The molecule has 2 heterocycles. The van der Waals surface area contributed by atoms with Gasteiger partial charge in [-0.3, -0.25) is 4.79 Å². The van der Waals surface area contributed by atoms with Gasteiger partial charge in [-0.25, -0.2) is 9.97 Å². The van der Waals surface area contributed by atoms with Crippen molar-refractivity contribution >= 4 is 11.7 Å². The summed E-state index contributed by atoms with van der Waals surface area (Å²) in [6.45, 7) is 2.86. The Kier molecular flexibility index (Phi) is 6.01. The number of piperidine rings is 1. The molecule has 1 aromatic heterocycles. The smallest absolute Gasteiger partial charge is 0.433 e. The molecule has 1 fully saturated rings. The van der Waals surface area contributed by atoms with Gasteiger partial charge in [-0.2, -0.15) is 13.2 Å². The van der Waals surface area contributed by atoms with Gasteiger partial charge < -0.3 is 15.0 Å². The summed E-state index contributed by atoms with van der Waals surface area (Å²) in [7, 11) is 0. The van der Waals surface area contributed by atoms with Crippen LogP contribution in [0.15, 0.2) is 36.7 Å². The van der Waals surface area contributed by atoms with E-state index < -0.39 is 11.9 Å². The number of aromatic nitrogens is 2. The van der Waals surface area contributed by atoms with E-state index >= 15 is 0 Å². The molecule has 0 spiro atoms. The van der Waals surface area contributed by atoms with E-state index in [2.05, 4.69) is 15.3 Å². The summed E-state index contributed by atoms with van der Waals surface area (Å²) in [4.78, 5) is 21.1. The van der Waals surface area contributed by atoms with Crippen molar-refractivity contribution in [2.45, 2.75) is 32.0 Å². The third-order valence-corrected chi connectivity index (χ3v) is 4.49. The van der Waals surface area contributed by atoms with Gasteiger partial charge >= 0.3 is 6.18 Å². The van der Waals surface area contributed by atoms with Crippen molar-refractivity contribution in [3.8, 4) is 5.75 Å². The molecule has 2 aromatic rings. The molecule has 9 heteroatoms. The molecule has 1 aliphatic rings. The van der Waals surface area contributed by atoms with Crippen LogP contribution in [-0.2, 0) is 11.0 Å². The topological polar surface area (TPSA) is 67.3 Å². The Morgan fingerprint density at radius 3 is 2.68 bits per heavy atom. The molecule has 150 valence electrons. The highest BCUT2D eigenvalue weighted by atomic mass is 19.4. The molecule has 1 N–H and O–H groups in total. The van der Waals surface area contributed by atoms with Crippen LogP contribution in [0, 0.1) is 6.92 Å². The lowest BCUT2D eigenvalue weighted by Crippen LogP contribution is -2.46. The van der Waals surface area contributed by atoms with Gasteiger partial charge in [0.25, 0.3) is 5.91 Å². The zero-order valence-corrected chi connectivity index (χ0v) is 15.4. The Morgan fingerprint density at radius 1 is 1.25 bits per heavy atom. The van der Waals surface area contributed by atoms with Crippen molar-refractivity contribution in [2.75, 3.05) is 24.6 Å². The fraction of sp³-hybridized carbons (Fsp3) is 0.421. The first kappa shape index (κ1) is 19.9. The van der Waals surface area contributed by atoms with E-state index in [0.29, 0.717) is 31.7 Å². The number of carbonyl (C=O) groups excluding carboxylic acids is 1. The monoisotopic (exact) mass is 394 g/mol. The number of amides is 1. The van der Waals surface area contributed by atoms with Gasteiger partial charge in [0.1, 0.15) is 23.6 Å². The van der Waals surface area contributed by atoms with Crippen LogP contribution in [-0.4, -0.2) is 41.6 Å². The maximum Gasteiger partial charge on any atom is 0.433 e. The summed E-state index contributed by atoms with van der Waals surface area (Å²) < 4.78 is 43.8. The lowest BCUT2D eigenvalue weighted by molar-refractivity contribution is -0.141. The number of benzene rings is 1. The Morgan fingerprint density at radius 2 is 2.00 bits per heavy atom. The number of anilines is 1. The zero-order valence-electron chi connectivity index (χ0n) is 15.4. The Labute approximate surface area is 160 Å². The minimum absolute atomic E-state index is 0.0474. The Balaban J connectivity index is 1.47. The molecule has 3 rings (SSSR count). The molecule has 0 unspecified atom stereocenters. The van der Waals surface area contributed by atoms with Crippen LogP contribution in [0.2, 0.25) is 0 Å². The number of nitrogens with zero attached hydrogens (tertiary/aromatic N) is 3. The number of hydrogen-bond acceptors (Lipinski definition) is 5. The standard InChI is InChI=1S/C19H21F3N4O2/c1-13-3-2-4-15(9-13)28-11-18(27)25-14-5-7-26(8-6-14)17-10-16(19(20,21)22)23-12-24-17/h2-4,9-10,12,14H,5-8,11H2,1H3,(H,25,27). The van der Waals surface area contributed by atoms with Crippen molar-refractivity contribution in [3.05, 3.63) is 47.9 Å². The van der Waals surface area contributed by atoms with E-state index in [1.807, 2.05) is 25.1 Å². The molecule has 0 aliphatic carbocycles. The maximum absolute atomic E-state index is 12.8. The number of nitrogens with one attached hydrogen (secondary N) is 1. The first-order chi connectivity index (χ1) is 13.3. The molecule has 1 aliphatic heterocycles. The largest absolute Gasteiger partial charge is 0.484 e. The highest BCUT2D eigenvalue weighted by Gasteiger charge is 2.33. The summed E-state index contributed by atoms with van der Waals surface area (Å²) in [5.74, 6) is 0.658. The number of ether oxygens (including phenoxy) is 1. The first-order valence-electron chi connectivity index (χ1n) is 8.94. The molecule has 6 nitrogen and oxygen atoms in total. The van der Waals surface area contributed by atoms with Gasteiger partial charge in [-0.1, -0.05) is 12.1 Å². The molecule has 1 aromatic carbocycles. The average Bonchev–Trinajstić information content (AvgIpc) is 2.66. The lowest BCUT2D eigenvalue weighted by atomic mass is 10.0. The molecular formula is C19H21F3N4O2. The highest BCUT2D eigenvalue weighted by Crippen LogP contribution is 2.29. The van der Waals surface area contributed by atoms with Crippen molar-refractivity contribution in [3.63, 3.8) is 0 Å². The summed E-state index contributed by atoms with van der Waals surface area (Å²) in [5.41, 5.74) is 0.0879. The van der Waals surface area contributed by atoms with Crippen LogP contribution < -0.4 is 15.0 Å². The molecular weight excluding hydrogens is 373 g/mol. The first-order valence-corrected chi connectivity index (χ1v) is 8.94. The van der Waals surface area contributed by atoms with Gasteiger partial charge in [-0.15, -0.1) is 0 Å². The number of aryl methyl sites for hydroxylation is 1. The molecule has 1 amide bonds. The van der Waals surface area contributed by atoms with Crippen molar-refractivity contribution in [1.29, 1.82) is 0 Å². The maximum atomic E-state index is 12.8. The third-order valence-electron chi connectivity index (χ3n) is 4.49.